The van der Waals surface area contributed by atoms with Gasteiger partial charge in [-0.25, -0.2) is 4.68 Å². The normalized spacial score (nSPS) is 13.1. The van der Waals surface area contributed by atoms with Crippen molar-refractivity contribution >= 4 is 5.91 Å². The van der Waals surface area contributed by atoms with Crippen molar-refractivity contribution in [3.05, 3.63) is 41.7 Å². The van der Waals surface area contributed by atoms with Gasteiger partial charge < -0.3 is 5.32 Å². The number of nitrogens with zero attached hydrogens (tertiary/aromatic N) is 4. The Morgan fingerprint density at radius 2 is 2.09 bits per heavy atom. The third-order valence-corrected chi connectivity index (χ3v) is 3.25. The topological polar surface area (TPSA) is 72.7 Å². The zero-order valence-corrected chi connectivity index (χ0v) is 12.6. The second kappa shape index (κ2) is 6.76. The summed E-state index contributed by atoms with van der Waals surface area (Å²) >= 11 is 0. The van der Waals surface area contributed by atoms with Gasteiger partial charge in [-0.15, -0.1) is 5.10 Å². The first-order chi connectivity index (χ1) is 10.8. The number of carbonyl (C=O) groups is 1. The fourth-order valence-electron chi connectivity index (χ4n) is 2.16. The number of benzene rings is 1. The predicted octanol–water partition coefficient (Wildman–Crippen LogP) is 2.21. The lowest BCUT2D eigenvalue weighted by atomic mass is 9.94. The van der Waals surface area contributed by atoms with Crippen LogP contribution in [0.5, 0.6) is 0 Å². The second-order valence-electron chi connectivity index (χ2n) is 5.42. The molecule has 1 heterocycles. The molecule has 1 atom stereocenters. The van der Waals surface area contributed by atoms with Crippen molar-refractivity contribution in [3.63, 3.8) is 0 Å². The standard InChI is InChI=1S/C14H16F3N5O/c1-9(2)13(19-12(23)7-22-8-18-20-21-22)10-4-3-5-11(6-10)14(15,16)17/h3-6,8-9,13H,7H2,1-2H3,(H,19,23). The number of aromatic nitrogens is 4. The van der Waals surface area contributed by atoms with Gasteiger partial charge in [-0.2, -0.15) is 13.2 Å². The first-order valence-corrected chi connectivity index (χ1v) is 6.94. The van der Waals surface area contributed by atoms with Crippen LogP contribution in [-0.2, 0) is 17.5 Å². The molecule has 1 unspecified atom stereocenters. The molecule has 1 amide bonds. The predicted molar refractivity (Wildman–Crippen MR) is 75.0 cm³/mol. The van der Waals surface area contributed by atoms with Crippen molar-refractivity contribution < 1.29 is 18.0 Å². The quantitative estimate of drug-likeness (QED) is 0.914. The molecule has 23 heavy (non-hydrogen) atoms. The fourth-order valence-corrected chi connectivity index (χ4v) is 2.16. The Bertz CT molecular complexity index is 655. The number of hydrogen-bond acceptors (Lipinski definition) is 4. The second-order valence-corrected chi connectivity index (χ2v) is 5.42. The van der Waals surface area contributed by atoms with Gasteiger partial charge in [0.05, 0.1) is 11.6 Å². The monoisotopic (exact) mass is 327 g/mol. The Kier molecular flexibility index (Phi) is 4.97. The Labute approximate surface area is 130 Å². The minimum atomic E-state index is -4.42. The summed E-state index contributed by atoms with van der Waals surface area (Å²) in [4.78, 5) is 12.0. The molecular weight excluding hydrogens is 311 g/mol. The highest BCUT2D eigenvalue weighted by molar-refractivity contribution is 5.76. The molecule has 2 aromatic rings. The third-order valence-electron chi connectivity index (χ3n) is 3.25. The van der Waals surface area contributed by atoms with Gasteiger partial charge in [0, 0.05) is 0 Å². The number of amides is 1. The van der Waals surface area contributed by atoms with Gasteiger partial charge in [0.1, 0.15) is 12.9 Å². The number of tetrazole rings is 1. The van der Waals surface area contributed by atoms with Crippen LogP contribution in [0, 0.1) is 5.92 Å². The van der Waals surface area contributed by atoms with Crippen LogP contribution >= 0.6 is 0 Å². The van der Waals surface area contributed by atoms with Crippen LogP contribution in [0.25, 0.3) is 0 Å². The number of hydrogen-bond donors (Lipinski definition) is 1. The molecule has 0 aliphatic heterocycles. The first-order valence-electron chi connectivity index (χ1n) is 6.94. The van der Waals surface area contributed by atoms with Crippen LogP contribution in [0.3, 0.4) is 0 Å². The van der Waals surface area contributed by atoms with Crippen molar-refractivity contribution in [2.24, 2.45) is 5.92 Å². The molecular formula is C14H16F3N5O. The Hall–Kier alpha value is -2.45. The van der Waals surface area contributed by atoms with E-state index in [2.05, 4.69) is 20.8 Å². The summed E-state index contributed by atoms with van der Waals surface area (Å²) in [6.45, 7) is 3.54. The summed E-state index contributed by atoms with van der Waals surface area (Å²) in [5, 5.41) is 13.1. The highest BCUT2D eigenvalue weighted by Crippen LogP contribution is 2.32. The van der Waals surface area contributed by atoms with Crippen LogP contribution in [-0.4, -0.2) is 26.1 Å². The van der Waals surface area contributed by atoms with E-state index in [9.17, 15) is 18.0 Å². The average molecular weight is 327 g/mol. The third kappa shape index (κ3) is 4.51. The van der Waals surface area contributed by atoms with Crippen molar-refractivity contribution in [2.75, 3.05) is 0 Å². The van der Waals surface area contributed by atoms with Crippen molar-refractivity contribution in [1.29, 1.82) is 0 Å². The minimum absolute atomic E-state index is 0.0868. The van der Waals surface area contributed by atoms with Crippen LogP contribution < -0.4 is 5.32 Å². The van der Waals surface area contributed by atoms with Crippen LogP contribution in [0.4, 0.5) is 13.2 Å². The molecule has 0 saturated carbocycles. The fraction of sp³-hybridized carbons (Fsp3) is 0.429. The lowest BCUT2D eigenvalue weighted by molar-refractivity contribution is -0.137. The largest absolute Gasteiger partial charge is 0.416 e. The highest BCUT2D eigenvalue weighted by atomic mass is 19.4. The van der Waals surface area contributed by atoms with Crippen molar-refractivity contribution in [1.82, 2.24) is 25.5 Å². The number of carbonyl (C=O) groups excluding carboxylic acids is 1. The summed E-state index contributed by atoms with van der Waals surface area (Å²) in [6, 6.07) is 4.42. The van der Waals surface area contributed by atoms with Crippen molar-refractivity contribution in [3.8, 4) is 0 Å². The molecule has 0 bridgehead atoms. The van der Waals surface area contributed by atoms with Gasteiger partial charge in [-0.1, -0.05) is 26.0 Å². The van der Waals surface area contributed by atoms with Gasteiger partial charge in [-0.3, -0.25) is 4.79 Å². The van der Waals surface area contributed by atoms with E-state index in [0.29, 0.717) is 5.56 Å². The summed E-state index contributed by atoms with van der Waals surface area (Å²) in [6.07, 6.45) is -3.14. The van der Waals surface area contributed by atoms with E-state index in [1.165, 1.54) is 17.1 Å². The maximum Gasteiger partial charge on any atom is 0.416 e. The molecule has 0 spiro atoms. The lowest BCUT2D eigenvalue weighted by Gasteiger charge is -2.23. The number of alkyl halides is 3. The SMILES string of the molecule is CC(C)C(NC(=O)Cn1cnnn1)c1cccc(C(F)(F)F)c1. The smallest absolute Gasteiger partial charge is 0.347 e. The molecule has 0 aliphatic carbocycles. The summed E-state index contributed by atoms with van der Waals surface area (Å²) < 4.78 is 39.7. The van der Waals surface area contributed by atoms with Crippen LogP contribution in [0.1, 0.15) is 31.0 Å². The first kappa shape index (κ1) is 16.9. The molecule has 124 valence electrons. The molecule has 0 aliphatic rings. The molecule has 1 N–H and O–H groups in total. The maximum absolute atomic E-state index is 12.8. The van der Waals surface area contributed by atoms with Crippen molar-refractivity contribution in [2.45, 2.75) is 32.6 Å². The molecule has 1 aromatic heterocycles. The Morgan fingerprint density at radius 1 is 1.35 bits per heavy atom. The average Bonchev–Trinajstić information content (AvgIpc) is 2.96. The van der Waals surface area contributed by atoms with Gasteiger partial charge in [0.2, 0.25) is 5.91 Å². The Balaban J connectivity index is 2.17. The summed E-state index contributed by atoms with van der Waals surface area (Å²) in [5.41, 5.74) is -0.338. The van der Waals surface area contributed by atoms with Gasteiger partial charge in [0.15, 0.2) is 0 Å². The van der Waals surface area contributed by atoms with Gasteiger partial charge in [-0.05, 0) is 34.0 Å². The Morgan fingerprint density at radius 3 is 2.65 bits per heavy atom. The van der Waals surface area contributed by atoms with Crippen LogP contribution in [0.2, 0.25) is 0 Å². The zero-order valence-electron chi connectivity index (χ0n) is 12.6. The number of rotatable bonds is 5. The van der Waals surface area contributed by atoms with E-state index in [-0.39, 0.29) is 18.4 Å². The van der Waals surface area contributed by atoms with Crippen LogP contribution in [0.15, 0.2) is 30.6 Å². The highest BCUT2D eigenvalue weighted by Gasteiger charge is 2.31. The number of halogens is 3. The molecule has 9 heteroatoms. The zero-order chi connectivity index (χ0) is 17.0. The molecule has 0 saturated heterocycles. The van der Waals surface area contributed by atoms with E-state index in [4.69, 9.17) is 0 Å². The summed E-state index contributed by atoms with van der Waals surface area (Å²) in [7, 11) is 0. The number of nitrogens with one attached hydrogen (secondary N) is 1. The van der Waals surface area contributed by atoms with E-state index in [0.717, 1.165) is 12.1 Å². The molecule has 1 aromatic carbocycles. The molecule has 0 fully saturated rings. The summed E-state index contributed by atoms with van der Waals surface area (Å²) in [5.74, 6) is -0.468. The molecule has 0 radical (unpaired) electrons. The van der Waals surface area contributed by atoms with E-state index in [1.54, 1.807) is 6.07 Å². The van der Waals surface area contributed by atoms with E-state index >= 15 is 0 Å². The maximum atomic E-state index is 12.8. The van der Waals surface area contributed by atoms with Gasteiger partial charge in [0.25, 0.3) is 0 Å². The minimum Gasteiger partial charge on any atom is -0.347 e. The van der Waals surface area contributed by atoms with E-state index in [1.807, 2.05) is 13.8 Å². The molecule has 2 rings (SSSR count). The van der Waals surface area contributed by atoms with Gasteiger partial charge >= 0.3 is 6.18 Å². The lowest BCUT2D eigenvalue weighted by Crippen LogP contribution is -2.34. The van der Waals surface area contributed by atoms with E-state index < -0.39 is 17.8 Å². The molecule has 6 nitrogen and oxygen atoms in total.